The minimum absolute atomic E-state index is 0.267. The monoisotopic (exact) mass is 401 g/mol. The normalized spacial score (nSPS) is 12.2. The van der Waals surface area contributed by atoms with Crippen LogP contribution < -0.4 is 10.2 Å². The molecule has 3 aromatic rings. The molecule has 1 heterocycles. The number of hydrogen-bond acceptors (Lipinski definition) is 3. The zero-order valence-corrected chi connectivity index (χ0v) is 16.1. The molecular formula is C20H21BrFN3. The van der Waals surface area contributed by atoms with Crippen molar-refractivity contribution in [2.45, 2.75) is 19.9 Å². The van der Waals surface area contributed by atoms with Crippen LogP contribution in [-0.4, -0.2) is 24.6 Å². The van der Waals surface area contributed by atoms with Crippen molar-refractivity contribution in [2.24, 2.45) is 0 Å². The molecular weight excluding hydrogens is 381 g/mol. The number of para-hydroxylation sites is 1. The summed E-state index contributed by atoms with van der Waals surface area (Å²) in [5.41, 5.74) is 3.26. The lowest BCUT2D eigenvalue weighted by Crippen LogP contribution is -2.34. The van der Waals surface area contributed by atoms with Gasteiger partial charge in [0.1, 0.15) is 5.52 Å². The van der Waals surface area contributed by atoms with Crippen molar-refractivity contribution in [3.05, 3.63) is 64.5 Å². The summed E-state index contributed by atoms with van der Waals surface area (Å²) in [6.45, 7) is 4.77. The summed E-state index contributed by atoms with van der Waals surface area (Å²) in [4.78, 5) is 6.56. The van der Waals surface area contributed by atoms with Gasteiger partial charge in [0.2, 0.25) is 0 Å². The van der Waals surface area contributed by atoms with Crippen LogP contribution in [0, 0.1) is 12.7 Å². The molecule has 0 aliphatic heterocycles. The Bertz CT molecular complexity index is 883. The van der Waals surface area contributed by atoms with Crippen LogP contribution in [0.1, 0.15) is 12.6 Å². The highest BCUT2D eigenvalue weighted by Gasteiger charge is 2.13. The number of halogens is 2. The SMILES string of the molecule is Cc1cc(NCC(C)N(C)c2ccccc2)c2cc(Br)cc(F)c2n1. The van der Waals surface area contributed by atoms with Crippen LogP contribution in [0.5, 0.6) is 0 Å². The van der Waals surface area contributed by atoms with E-state index in [1.165, 1.54) is 11.8 Å². The second kappa shape index (κ2) is 7.40. The Morgan fingerprint density at radius 1 is 1.20 bits per heavy atom. The van der Waals surface area contributed by atoms with Gasteiger partial charge in [-0.3, -0.25) is 0 Å². The molecule has 1 N–H and O–H groups in total. The summed E-state index contributed by atoms with van der Waals surface area (Å²) in [6.07, 6.45) is 0. The number of aryl methyl sites for hydroxylation is 1. The van der Waals surface area contributed by atoms with E-state index in [1.54, 1.807) is 0 Å². The van der Waals surface area contributed by atoms with E-state index >= 15 is 0 Å². The fourth-order valence-electron chi connectivity index (χ4n) is 2.84. The van der Waals surface area contributed by atoms with Crippen LogP contribution in [0.3, 0.4) is 0 Å². The molecule has 5 heteroatoms. The van der Waals surface area contributed by atoms with Gasteiger partial charge in [0, 0.05) is 46.6 Å². The molecule has 0 spiro atoms. The Hall–Kier alpha value is -2.14. The third kappa shape index (κ3) is 3.93. The standard InChI is InChI=1S/C20H21BrFN3/c1-13-9-19(17-10-15(21)11-18(22)20(17)24-13)23-12-14(2)25(3)16-7-5-4-6-8-16/h4-11,14H,12H2,1-3H3,(H,23,24). The summed E-state index contributed by atoms with van der Waals surface area (Å²) in [7, 11) is 2.08. The van der Waals surface area contributed by atoms with Crippen molar-refractivity contribution < 1.29 is 4.39 Å². The predicted octanol–water partition coefficient (Wildman–Crippen LogP) is 5.38. The molecule has 1 unspecified atom stereocenters. The molecule has 2 aromatic carbocycles. The van der Waals surface area contributed by atoms with Gasteiger partial charge >= 0.3 is 0 Å². The van der Waals surface area contributed by atoms with E-state index in [0.717, 1.165) is 23.3 Å². The van der Waals surface area contributed by atoms with E-state index in [-0.39, 0.29) is 11.9 Å². The quantitative estimate of drug-likeness (QED) is 0.621. The third-order valence-electron chi connectivity index (χ3n) is 4.37. The largest absolute Gasteiger partial charge is 0.382 e. The molecule has 25 heavy (non-hydrogen) atoms. The van der Waals surface area contributed by atoms with Crippen molar-refractivity contribution in [1.82, 2.24) is 4.98 Å². The van der Waals surface area contributed by atoms with Gasteiger partial charge in [-0.2, -0.15) is 0 Å². The van der Waals surface area contributed by atoms with Crippen LogP contribution in [0.2, 0.25) is 0 Å². The van der Waals surface area contributed by atoms with Crippen molar-refractivity contribution in [3.63, 3.8) is 0 Å². The molecule has 0 aliphatic carbocycles. The molecule has 3 nitrogen and oxygen atoms in total. The number of pyridine rings is 1. The van der Waals surface area contributed by atoms with Crippen molar-refractivity contribution in [1.29, 1.82) is 0 Å². The minimum atomic E-state index is -0.314. The number of anilines is 2. The molecule has 0 bridgehead atoms. The zero-order chi connectivity index (χ0) is 18.0. The number of hydrogen-bond donors (Lipinski definition) is 1. The van der Waals surface area contributed by atoms with Gasteiger partial charge in [0.25, 0.3) is 0 Å². The first-order valence-corrected chi connectivity index (χ1v) is 9.03. The van der Waals surface area contributed by atoms with Gasteiger partial charge < -0.3 is 10.2 Å². The second-order valence-electron chi connectivity index (χ2n) is 6.27. The molecule has 0 saturated carbocycles. The van der Waals surface area contributed by atoms with Gasteiger partial charge in [-0.25, -0.2) is 9.37 Å². The molecule has 1 atom stereocenters. The first kappa shape index (κ1) is 17.7. The topological polar surface area (TPSA) is 28.2 Å². The van der Waals surface area contributed by atoms with Crippen molar-refractivity contribution in [3.8, 4) is 0 Å². The van der Waals surface area contributed by atoms with Crippen LogP contribution in [0.15, 0.2) is 53.0 Å². The van der Waals surface area contributed by atoms with Gasteiger partial charge in [-0.05, 0) is 44.2 Å². The average molecular weight is 402 g/mol. The first-order chi connectivity index (χ1) is 12.0. The highest BCUT2D eigenvalue weighted by atomic mass is 79.9. The van der Waals surface area contributed by atoms with Gasteiger partial charge in [-0.15, -0.1) is 0 Å². The smallest absolute Gasteiger partial charge is 0.150 e. The Morgan fingerprint density at radius 3 is 2.64 bits per heavy atom. The van der Waals surface area contributed by atoms with Crippen molar-refractivity contribution in [2.75, 3.05) is 23.8 Å². The van der Waals surface area contributed by atoms with Gasteiger partial charge in [-0.1, -0.05) is 34.1 Å². The molecule has 1 aromatic heterocycles. The number of nitrogens with one attached hydrogen (secondary N) is 1. The maximum atomic E-state index is 14.2. The number of aromatic nitrogens is 1. The number of likely N-dealkylation sites (N-methyl/N-ethyl adjacent to an activating group) is 1. The fraction of sp³-hybridized carbons (Fsp3) is 0.250. The zero-order valence-electron chi connectivity index (χ0n) is 14.6. The van der Waals surface area contributed by atoms with Gasteiger partial charge in [0.15, 0.2) is 5.82 Å². The van der Waals surface area contributed by atoms with Crippen LogP contribution >= 0.6 is 15.9 Å². The highest BCUT2D eigenvalue weighted by Crippen LogP contribution is 2.29. The third-order valence-corrected chi connectivity index (χ3v) is 4.83. The summed E-state index contributed by atoms with van der Waals surface area (Å²) in [5.74, 6) is -0.314. The Balaban J connectivity index is 1.83. The summed E-state index contributed by atoms with van der Waals surface area (Å²) in [5, 5.41) is 4.25. The molecule has 0 amide bonds. The predicted molar refractivity (Wildman–Crippen MR) is 107 cm³/mol. The van der Waals surface area contributed by atoms with Crippen LogP contribution in [0.4, 0.5) is 15.8 Å². The average Bonchev–Trinajstić information content (AvgIpc) is 2.60. The van der Waals surface area contributed by atoms with Crippen LogP contribution in [0.25, 0.3) is 10.9 Å². The number of nitrogens with zero attached hydrogens (tertiary/aromatic N) is 2. The molecule has 0 aliphatic rings. The Morgan fingerprint density at radius 2 is 1.92 bits per heavy atom. The lowest BCUT2D eigenvalue weighted by molar-refractivity contribution is 0.635. The van der Waals surface area contributed by atoms with Crippen molar-refractivity contribution >= 4 is 38.2 Å². The van der Waals surface area contributed by atoms with Gasteiger partial charge in [0.05, 0.1) is 0 Å². The Labute approximate surface area is 156 Å². The molecule has 0 fully saturated rings. The number of benzene rings is 2. The van der Waals surface area contributed by atoms with E-state index in [1.807, 2.05) is 37.3 Å². The lowest BCUT2D eigenvalue weighted by atomic mass is 10.1. The van der Waals surface area contributed by atoms with E-state index in [2.05, 4.69) is 57.2 Å². The number of rotatable bonds is 5. The summed E-state index contributed by atoms with van der Waals surface area (Å²) in [6, 6.07) is 15.8. The van der Waals surface area contributed by atoms with E-state index in [4.69, 9.17) is 0 Å². The molecule has 0 radical (unpaired) electrons. The Kier molecular flexibility index (Phi) is 5.23. The highest BCUT2D eigenvalue weighted by molar-refractivity contribution is 9.10. The maximum absolute atomic E-state index is 14.2. The number of fused-ring (bicyclic) bond motifs is 1. The second-order valence-corrected chi connectivity index (χ2v) is 7.19. The van der Waals surface area contributed by atoms with Crippen LogP contribution in [-0.2, 0) is 0 Å². The summed E-state index contributed by atoms with van der Waals surface area (Å²) < 4.78 is 14.9. The summed E-state index contributed by atoms with van der Waals surface area (Å²) >= 11 is 3.37. The first-order valence-electron chi connectivity index (χ1n) is 8.24. The van der Waals surface area contributed by atoms with E-state index in [9.17, 15) is 4.39 Å². The molecule has 130 valence electrons. The molecule has 0 saturated heterocycles. The molecule has 3 rings (SSSR count). The van der Waals surface area contributed by atoms with E-state index in [0.29, 0.717) is 9.99 Å². The fourth-order valence-corrected chi connectivity index (χ4v) is 3.27. The van der Waals surface area contributed by atoms with E-state index < -0.39 is 0 Å². The lowest BCUT2D eigenvalue weighted by Gasteiger charge is -2.28. The maximum Gasteiger partial charge on any atom is 0.150 e. The minimum Gasteiger partial charge on any atom is -0.382 e.